The third kappa shape index (κ3) is 5.92. The lowest BCUT2D eigenvalue weighted by molar-refractivity contribution is -0.0512. The van der Waals surface area contributed by atoms with Gasteiger partial charge in [0.1, 0.15) is 0 Å². The number of methoxy groups -OCH3 is 1. The Morgan fingerprint density at radius 3 is 2.69 bits per heavy atom. The molecular formula is C21H18F2N2O3S. The summed E-state index contributed by atoms with van der Waals surface area (Å²) in [5.74, 6) is 0.237. The van der Waals surface area contributed by atoms with E-state index in [2.05, 4.69) is 15.0 Å². The first kappa shape index (κ1) is 20.6. The molecule has 0 atom stereocenters. The van der Waals surface area contributed by atoms with Crippen LogP contribution >= 0.6 is 11.8 Å². The highest BCUT2D eigenvalue weighted by Crippen LogP contribution is 2.30. The smallest absolute Gasteiger partial charge is 0.387 e. The molecule has 0 aliphatic carbocycles. The average Bonchev–Trinajstić information content (AvgIpc) is 2.73. The van der Waals surface area contributed by atoms with Gasteiger partial charge < -0.3 is 14.8 Å². The second-order valence-corrected chi connectivity index (χ2v) is 6.85. The molecule has 1 heterocycles. The van der Waals surface area contributed by atoms with Crippen molar-refractivity contribution in [2.75, 3.05) is 12.4 Å². The van der Waals surface area contributed by atoms with Crippen molar-refractivity contribution in [3.05, 3.63) is 78.0 Å². The lowest BCUT2D eigenvalue weighted by atomic mass is 10.1. The zero-order chi connectivity index (χ0) is 20.6. The van der Waals surface area contributed by atoms with E-state index in [0.29, 0.717) is 11.4 Å². The maximum atomic E-state index is 12.5. The summed E-state index contributed by atoms with van der Waals surface area (Å²) in [6, 6.07) is 17.2. The Hall–Kier alpha value is -3.13. The van der Waals surface area contributed by atoms with Crippen LogP contribution in [0.3, 0.4) is 0 Å². The summed E-state index contributed by atoms with van der Waals surface area (Å²) in [5.41, 5.74) is 1.91. The molecule has 0 aliphatic rings. The number of rotatable bonds is 8. The predicted molar refractivity (Wildman–Crippen MR) is 108 cm³/mol. The Labute approximate surface area is 171 Å². The number of halogens is 2. The molecule has 1 aromatic heterocycles. The minimum Gasteiger partial charge on any atom is -0.493 e. The van der Waals surface area contributed by atoms with Crippen LogP contribution in [-0.2, 0) is 5.75 Å². The molecule has 0 saturated heterocycles. The molecule has 0 aliphatic heterocycles. The highest BCUT2D eigenvalue weighted by molar-refractivity contribution is 7.98. The average molecular weight is 416 g/mol. The molecule has 0 unspecified atom stereocenters. The van der Waals surface area contributed by atoms with Gasteiger partial charge in [0.2, 0.25) is 0 Å². The van der Waals surface area contributed by atoms with Crippen molar-refractivity contribution < 1.29 is 23.0 Å². The largest absolute Gasteiger partial charge is 0.493 e. The van der Waals surface area contributed by atoms with Crippen LogP contribution in [-0.4, -0.2) is 24.6 Å². The number of amides is 1. The Bertz CT molecular complexity index is 971. The Morgan fingerprint density at radius 1 is 1.10 bits per heavy atom. The number of pyridine rings is 1. The second-order valence-electron chi connectivity index (χ2n) is 5.86. The fourth-order valence-corrected chi connectivity index (χ4v) is 3.34. The number of ether oxygens (including phenoxy) is 2. The third-order valence-corrected chi connectivity index (χ3v) is 4.87. The predicted octanol–water partition coefficient (Wildman–Crippen LogP) is 5.24. The minimum absolute atomic E-state index is 0.0541. The molecule has 150 valence electrons. The number of carbonyl (C=O) groups is 1. The van der Waals surface area contributed by atoms with E-state index in [1.165, 1.54) is 25.3 Å². The summed E-state index contributed by atoms with van der Waals surface area (Å²) in [7, 11) is 1.32. The normalized spacial score (nSPS) is 10.6. The van der Waals surface area contributed by atoms with E-state index in [9.17, 15) is 13.6 Å². The maximum Gasteiger partial charge on any atom is 0.387 e. The van der Waals surface area contributed by atoms with Crippen LogP contribution in [0.5, 0.6) is 11.5 Å². The molecule has 0 saturated carbocycles. The van der Waals surface area contributed by atoms with Gasteiger partial charge in [-0.15, -0.1) is 11.8 Å². The molecule has 0 spiro atoms. The van der Waals surface area contributed by atoms with Crippen LogP contribution in [0.25, 0.3) is 0 Å². The number of anilines is 1. The molecule has 0 radical (unpaired) electrons. The van der Waals surface area contributed by atoms with Gasteiger partial charge >= 0.3 is 6.61 Å². The quantitative estimate of drug-likeness (QED) is 0.509. The summed E-state index contributed by atoms with van der Waals surface area (Å²) in [6.45, 7) is -2.98. The summed E-state index contributed by atoms with van der Waals surface area (Å²) in [6.07, 6.45) is 1.74. The topological polar surface area (TPSA) is 60.5 Å². The van der Waals surface area contributed by atoms with E-state index >= 15 is 0 Å². The van der Waals surface area contributed by atoms with Crippen LogP contribution in [0.15, 0.2) is 71.9 Å². The molecule has 3 rings (SSSR count). The number of carbonyl (C=O) groups excluding carboxylic acids is 1. The fraction of sp³-hybridized carbons (Fsp3) is 0.143. The van der Waals surface area contributed by atoms with Crippen molar-refractivity contribution in [3.8, 4) is 11.5 Å². The van der Waals surface area contributed by atoms with Gasteiger partial charge in [0.25, 0.3) is 5.91 Å². The van der Waals surface area contributed by atoms with Crippen LogP contribution in [0.2, 0.25) is 0 Å². The number of hydrogen-bond acceptors (Lipinski definition) is 5. The molecule has 1 N–H and O–H groups in total. The number of alkyl halides is 2. The van der Waals surface area contributed by atoms with Crippen LogP contribution < -0.4 is 14.8 Å². The van der Waals surface area contributed by atoms with Gasteiger partial charge in [-0.3, -0.25) is 4.79 Å². The number of aromatic nitrogens is 1. The van der Waals surface area contributed by atoms with Crippen LogP contribution in [0.4, 0.5) is 14.5 Å². The summed E-state index contributed by atoms with van der Waals surface area (Å²) >= 11 is 1.59. The molecule has 8 heteroatoms. The molecule has 2 aromatic carbocycles. The van der Waals surface area contributed by atoms with Gasteiger partial charge in [0.05, 0.1) is 12.1 Å². The van der Waals surface area contributed by atoms with E-state index in [-0.39, 0.29) is 23.0 Å². The van der Waals surface area contributed by atoms with Gasteiger partial charge in [-0.2, -0.15) is 8.78 Å². The van der Waals surface area contributed by atoms with E-state index in [0.717, 1.165) is 10.6 Å². The number of nitrogens with one attached hydrogen (secondary N) is 1. The lowest BCUT2D eigenvalue weighted by Crippen LogP contribution is -2.12. The summed E-state index contributed by atoms with van der Waals surface area (Å²) in [4.78, 5) is 16.8. The highest BCUT2D eigenvalue weighted by atomic mass is 32.2. The van der Waals surface area contributed by atoms with Gasteiger partial charge in [-0.1, -0.05) is 18.2 Å². The van der Waals surface area contributed by atoms with Crippen LogP contribution in [0, 0.1) is 0 Å². The number of benzene rings is 2. The number of thioether (sulfide) groups is 1. The van der Waals surface area contributed by atoms with Gasteiger partial charge in [0.15, 0.2) is 11.5 Å². The van der Waals surface area contributed by atoms with Crippen molar-refractivity contribution in [2.24, 2.45) is 0 Å². The van der Waals surface area contributed by atoms with Crippen molar-refractivity contribution in [2.45, 2.75) is 17.4 Å². The van der Waals surface area contributed by atoms with E-state index in [1.54, 1.807) is 24.0 Å². The molecule has 29 heavy (non-hydrogen) atoms. The van der Waals surface area contributed by atoms with Crippen molar-refractivity contribution >= 4 is 23.4 Å². The Kier molecular flexibility index (Phi) is 7.02. The summed E-state index contributed by atoms with van der Waals surface area (Å²) < 4.78 is 34.3. The maximum absolute atomic E-state index is 12.5. The van der Waals surface area contributed by atoms with Crippen molar-refractivity contribution in [1.82, 2.24) is 4.98 Å². The molecule has 0 bridgehead atoms. The van der Waals surface area contributed by atoms with Crippen molar-refractivity contribution in [1.29, 1.82) is 0 Å². The zero-order valence-electron chi connectivity index (χ0n) is 15.5. The lowest BCUT2D eigenvalue weighted by Gasteiger charge is -2.12. The molecular weight excluding hydrogens is 398 g/mol. The Balaban J connectivity index is 1.67. The van der Waals surface area contributed by atoms with Gasteiger partial charge in [0, 0.05) is 23.2 Å². The first-order chi connectivity index (χ1) is 14.0. The second kappa shape index (κ2) is 9.88. The molecule has 5 nitrogen and oxygen atoms in total. The highest BCUT2D eigenvalue weighted by Gasteiger charge is 2.14. The van der Waals surface area contributed by atoms with E-state index in [1.807, 2.05) is 36.4 Å². The standard InChI is InChI=1S/C21H18F2N2O3S/c1-27-18-12-15(8-9-17(18)28-21(22)23)20(26)25-16-6-4-5-14(11-16)13-29-19-7-2-3-10-24-19/h2-12,21H,13H2,1H3,(H,25,26). The van der Waals surface area contributed by atoms with E-state index < -0.39 is 6.61 Å². The monoisotopic (exact) mass is 416 g/mol. The first-order valence-electron chi connectivity index (χ1n) is 8.62. The van der Waals surface area contributed by atoms with Crippen LogP contribution in [0.1, 0.15) is 15.9 Å². The first-order valence-corrected chi connectivity index (χ1v) is 9.60. The molecule has 3 aromatic rings. The number of hydrogen-bond donors (Lipinski definition) is 1. The Morgan fingerprint density at radius 2 is 1.97 bits per heavy atom. The molecule has 1 amide bonds. The number of nitrogens with zero attached hydrogens (tertiary/aromatic N) is 1. The minimum atomic E-state index is -2.98. The van der Waals surface area contributed by atoms with E-state index in [4.69, 9.17) is 4.74 Å². The zero-order valence-corrected chi connectivity index (χ0v) is 16.3. The van der Waals surface area contributed by atoms with Gasteiger partial charge in [-0.05, 0) is 48.0 Å². The third-order valence-electron chi connectivity index (χ3n) is 3.85. The SMILES string of the molecule is COc1cc(C(=O)Nc2cccc(CSc3ccccn3)c2)ccc1OC(F)F. The summed E-state index contributed by atoms with van der Waals surface area (Å²) in [5, 5.41) is 3.72. The van der Waals surface area contributed by atoms with Gasteiger partial charge in [-0.25, -0.2) is 4.98 Å². The fourth-order valence-electron chi connectivity index (χ4n) is 2.53. The van der Waals surface area contributed by atoms with Crippen molar-refractivity contribution in [3.63, 3.8) is 0 Å². The molecule has 0 fully saturated rings.